The smallest absolute Gasteiger partial charge is 0.153 e. The summed E-state index contributed by atoms with van der Waals surface area (Å²) in [6, 6.07) is 24.4. The van der Waals surface area contributed by atoms with Gasteiger partial charge in [-0.15, -0.1) is 0 Å². The highest BCUT2D eigenvalue weighted by Gasteiger charge is 2.43. The fourth-order valence-corrected chi connectivity index (χ4v) is 4.88. The fourth-order valence-electron chi connectivity index (χ4n) is 4.88. The first kappa shape index (κ1) is 16.6. The number of hydrogen-bond acceptors (Lipinski definition) is 2. The summed E-state index contributed by atoms with van der Waals surface area (Å²) >= 11 is 0. The summed E-state index contributed by atoms with van der Waals surface area (Å²) in [4.78, 5) is 2.58. The van der Waals surface area contributed by atoms with Crippen LogP contribution in [0.2, 0.25) is 0 Å². The van der Waals surface area contributed by atoms with Gasteiger partial charge in [0.15, 0.2) is 6.23 Å². The van der Waals surface area contributed by atoms with Crippen LogP contribution in [0.25, 0.3) is 10.8 Å². The average Bonchev–Trinajstić information content (AvgIpc) is 2.72. The molecule has 0 aliphatic carbocycles. The van der Waals surface area contributed by atoms with E-state index in [1.807, 2.05) is 0 Å². The van der Waals surface area contributed by atoms with Gasteiger partial charge in [-0.1, -0.05) is 72.8 Å². The zero-order valence-corrected chi connectivity index (χ0v) is 15.8. The molecule has 0 bridgehead atoms. The van der Waals surface area contributed by atoms with Crippen LogP contribution in [0.4, 0.5) is 0 Å². The molecule has 0 radical (unpaired) electrons. The van der Waals surface area contributed by atoms with Crippen LogP contribution in [-0.4, -0.2) is 17.2 Å². The van der Waals surface area contributed by atoms with Crippen molar-refractivity contribution in [3.63, 3.8) is 0 Å². The van der Waals surface area contributed by atoms with E-state index >= 15 is 0 Å². The normalized spacial score (nSPS) is 24.7. The van der Waals surface area contributed by atoms with Gasteiger partial charge in [-0.3, -0.25) is 4.90 Å². The minimum Gasteiger partial charge on any atom is -0.475 e. The monoisotopic (exact) mass is 355 g/mol. The molecule has 2 heteroatoms. The Morgan fingerprint density at radius 2 is 1.74 bits per heavy atom. The Bertz CT molecular complexity index is 994. The van der Waals surface area contributed by atoms with Crippen LogP contribution >= 0.6 is 0 Å². The van der Waals surface area contributed by atoms with Crippen LogP contribution in [-0.2, 0) is 0 Å². The van der Waals surface area contributed by atoms with E-state index in [-0.39, 0.29) is 12.3 Å². The van der Waals surface area contributed by atoms with Crippen LogP contribution in [0.15, 0.2) is 78.9 Å². The minimum atomic E-state index is 0.110. The molecule has 2 aliphatic rings. The lowest BCUT2D eigenvalue weighted by Crippen LogP contribution is -2.54. The first-order chi connectivity index (χ1) is 13.2. The summed E-state index contributed by atoms with van der Waals surface area (Å²) in [5, 5.41) is 2.55. The van der Waals surface area contributed by atoms with Gasteiger partial charge in [0.25, 0.3) is 0 Å². The minimum absolute atomic E-state index is 0.110. The SMILES string of the molecule is C=C(C)[C@@H]1CCC[C@@H]2Oc3ccc4ccccc4c3[C@@H](c3ccccc3)N21. The molecule has 1 fully saturated rings. The zero-order valence-electron chi connectivity index (χ0n) is 15.8. The highest BCUT2D eigenvalue weighted by Crippen LogP contribution is 2.48. The number of fused-ring (bicyclic) bond motifs is 4. The van der Waals surface area contributed by atoms with Gasteiger partial charge < -0.3 is 4.74 Å². The fraction of sp³-hybridized carbons (Fsp3) is 0.280. The average molecular weight is 355 g/mol. The maximum atomic E-state index is 6.56. The standard InChI is InChI=1S/C25H25NO/c1-17(2)21-13-8-14-23-26(21)25(19-10-4-3-5-11-19)24-20-12-7-6-9-18(20)15-16-22(24)27-23/h3-7,9-12,15-16,21,23,25H,1,8,13-14H2,2H3/t21-,23-,25+/m0/s1. The molecule has 3 aromatic carbocycles. The molecule has 0 aromatic heterocycles. The third-order valence-electron chi connectivity index (χ3n) is 6.07. The highest BCUT2D eigenvalue weighted by atomic mass is 16.5. The summed E-state index contributed by atoms with van der Waals surface area (Å²) in [5.74, 6) is 1.03. The number of ether oxygens (including phenoxy) is 1. The van der Waals surface area contributed by atoms with E-state index in [9.17, 15) is 0 Å². The molecule has 1 saturated heterocycles. The lowest BCUT2D eigenvalue weighted by molar-refractivity contribution is -0.0646. The molecular formula is C25H25NO. The van der Waals surface area contributed by atoms with Gasteiger partial charge >= 0.3 is 0 Å². The molecule has 136 valence electrons. The van der Waals surface area contributed by atoms with Crippen molar-refractivity contribution in [1.82, 2.24) is 4.90 Å². The Kier molecular flexibility index (Phi) is 4.02. The topological polar surface area (TPSA) is 12.5 Å². The van der Waals surface area contributed by atoms with Crippen LogP contribution in [0.1, 0.15) is 43.4 Å². The summed E-state index contributed by atoms with van der Waals surface area (Å²) in [6.45, 7) is 6.48. The molecule has 27 heavy (non-hydrogen) atoms. The van der Waals surface area contributed by atoms with E-state index in [1.165, 1.54) is 33.9 Å². The zero-order chi connectivity index (χ0) is 18.4. The van der Waals surface area contributed by atoms with Crippen molar-refractivity contribution in [2.45, 2.75) is 44.5 Å². The maximum absolute atomic E-state index is 6.56. The number of hydrogen-bond donors (Lipinski definition) is 0. The number of benzene rings is 3. The maximum Gasteiger partial charge on any atom is 0.153 e. The van der Waals surface area contributed by atoms with Gasteiger partial charge in [-0.05, 0) is 48.6 Å². The Balaban J connectivity index is 1.79. The molecule has 2 heterocycles. The quantitative estimate of drug-likeness (QED) is 0.517. The van der Waals surface area contributed by atoms with Gasteiger partial charge in [0, 0.05) is 11.6 Å². The third-order valence-corrected chi connectivity index (χ3v) is 6.07. The first-order valence-electron chi connectivity index (χ1n) is 9.90. The number of rotatable bonds is 2. The van der Waals surface area contributed by atoms with E-state index in [2.05, 4.69) is 85.1 Å². The van der Waals surface area contributed by atoms with Crippen LogP contribution < -0.4 is 4.74 Å². The van der Waals surface area contributed by atoms with Crippen LogP contribution in [0.3, 0.4) is 0 Å². The van der Waals surface area contributed by atoms with Gasteiger partial charge in [-0.25, -0.2) is 0 Å². The Labute approximate surface area is 161 Å². The number of nitrogens with zero attached hydrogens (tertiary/aromatic N) is 1. The lowest BCUT2D eigenvalue weighted by Gasteiger charge is -2.50. The van der Waals surface area contributed by atoms with Crippen molar-refractivity contribution in [3.8, 4) is 5.75 Å². The van der Waals surface area contributed by atoms with E-state index < -0.39 is 0 Å². The predicted octanol–water partition coefficient (Wildman–Crippen LogP) is 6.08. The predicted molar refractivity (Wildman–Crippen MR) is 111 cm³/mol. The largest absolute Gasteiger partial charge is 0.475 e. The molecule has 0 unspecified atom stereocenters. The molecule has 0 amide bonds. The van der Waals surface area contributed by atoms with Crippen LogP contribution in [0.5, 0.6) is 5.75 Å². The van der Waals surface area contributed by atoms with Crippen molar-refractivity contribution in [2.75, 3.05) is 0 Å². The van der Waals surface area contributed by atoms with Crippen molar-refractivity contribution >= 4 is 10.8 Å². The molecule has 3 aromatic rings. The van der Waals surface area contributed by atoms with Gasteiger partial charge in [0.1, 0.15) is 5.75 Å². The molecule has 0 N–H and O–H groups in total. The molecule has 2 nitrogen and oxygen atoms in total. The van der Waals surface area contributed by atoms with Gasteiger partial charge in [-0.2, -0.15) is 0 Å². The Morgan fingerprint density at radius 1 is 0.963 bits per heavy atom. The third kappa shape index (κ3) is 2.67. The van der Waals surface area contributed by atoms with Crippen molar-refractivity contribution < 1.29 is 4.74 Å². The van der Waals surface area contributed by atoms with Crippen molar-refractivity contribution in [3.05, 3.63) is 90.0 Å². The summed E-state index contributed by atoms with van der Waals surface area (Å²) in [5.41, 5.74) is 3.85. The second kappa shape index (κ2) is 6.54. The summed E-state index contributed by atoms with van der Waals surface area (Å²) in [6.07, 6.45) is 3.51. The van der Waals surface area contributed by atoms with E-state index in [0.29, 0.717) is 6.04 Å². The number of piperidine rings is 1. The van der Waals surface area contributed by atoms with Crippen LogP contribution in [0, 0.1) is 0 Å². The second-order valence-corrected chi connectivity index (χ2v) is 7.82. The molecular weight excluding hydrogens is 330 g/mol. The van der Waals surface area contributed by atoms with Crippen molar-refractivity contribution in [1.29, 1.82) is 0 Å². The molecule has 2 aliphatic heterocycles. The Hall–Kier alpha value is -2.58. The van der Waals surface area contributed by atoms with Gasteiger partial charge in [0.05, 0.1) is 6.04 Å². The summed E-state index contributed by atoms with van der Waals surface area (Å²) < 4.78 is 6.56. The highest BCUT2D eigenvalue weighted by molar-refractivity contribution is 5.89. The second-order valence-electron chi connectivity index (χ2n) is 7.82. The lowest BCUT2D eigenvalue weighted by atomic mass is 9.85. The van der Waals surface area contributed by atoms with Crippen molar-refractivity contribution in [2.24, 2.45) is 0 Å². The Morgan fingerprint density at radius 3 is 2.56 bits per heavy atom. The van der Waals surface area contributed by atoms with E-state index in [4.69, 9.17) is 4.74 Å². The van der Waals surface area contributed by atoms with Gasteiger partial charge in [0.2, 0.25) is 0 Å². The van der Waals surface area contributed by atoms with E-state index in [0.717, 1.165) is 18.6 Å². The molecule has 5 rings (SSSR count). The van der Waals surface area contributed by atoms with E-state index in [1.54, 1.807) is 0 Å². The summed E-state index contributed by atoms with van der Waals surface area (Å²) in [7, 11) is 0. The molecule has 3 atom stereocenters. The molecule has 0 spiro atoms. The molecule has 0 saturated carbocycles. The first-order valence-corrected chi connectivity index (χ1v) is 9.90.